The Morgan fingerprint density at radius 2 is 1.11 bits per heavy atom. The van der Waals surface area contributed by atoms with Crippen molar-refractivity contribution in [1.82, 2.24) is 9.80 Å². The van der Waals surface area contributed by atoms with Crippen molar-refractivity contribution in [3.05, 3.63) is 23.5 Å². The molecule has 4 N–H and O–H groups in total. The molecule has 0 aromatic heterocycles. The van der Waals surface area contributed by atoms with Crippen molar-refractivity contribution < 1.29 is 9.59 Å². The van der Waals surface area contributed by atoms with Gasteiger partial charge in [-0.25, -0.2) is 0 Å². The van der Waals surface area contributed by atoms with Gasteiger partial charge in [0.15, 0.2) is 0 Å². The van der Waals surface area contributed by atoms with Gasteiger partial charge in [-0.05, 0) is 13.8 Å². The van der Waals surface area contributed by atoms with E-state index in [1.165, 1.54) is 12.2 Å². The summed E-state index contributed by atoms with van der Waals surface area (Å²) in [6.07, 6.45) is 2.81. The van der Waals surface area contributed by atoms with Crippen LogP contribution in [0.25, 0.3) is 0 Å². The van der Waals surface area contributed by atoms with Gasteiger partial charge in [0.1, 0.15) is 0 Å². The van der Waals surface area contributed by atoms with Gasteiger partial charge in [0.25, 0.3) is 0 Å². The third kappa shape index (κ3) is 4.12. The van der Waals surface area contributed by atoms with E-state index in [2.05, 4.69) is 0 Å². The summed E-state index contributed by atoms with van der Waals surface area (Å²) < 4.78 is 0. The molecule has 1 rings (SSSR count). The third-order valence-electron chi connectivity index (χ3n) is 2.61. The van der Waals surface area contributed by atoms with Crippen LogP contribution in [0.1, 0.15) is 13.8 Å². The van der Waals surface area contributed by atoms with Gasteiger partial charge in [-0.15, -0.1) is 0 Å². The number of amides is 2. The van der Waals surface area contributed by atoms with Crippen molar-refractivity contribution in [3.8, 4) is 0 Å². The van der Waals surface area contributed by atoms with E-state index >= 15 is 0 Å². The first kappa shape index (κ1) is 14.1. The molecule has 0 unspecified atom stereocenters. The molecule has 0 radical (unpaired) electrons. The topological polar surface area (TPSA) is 92.7 Å². The molecule has 0 atom stereocenters. The average Bonchev–Trinajstić information content (AvgIpc) is 2.27. The van der Waals surface area contributed by atoms with E-state index in [9.17, 15) is 9.59 Å². The number of nitrogens with zero attached hydrogens (tertiary/aromatic N) is 2. The minimum absolute atomic E-state index is 0.104. The van der Waals surface area contributed by atoms with Gasteiger partial charge in [0.2, 0.25) is 11.8 Å². The second kappa shape index (κ2) is 6.09. The number of piperazine rings is 1. The van der Waals surface area contributed by atoms with Crippen LogP contribution in [-0.2, 0) is 9.59 Å². The Morgan fingerprint density at radius 1 is 0.833 bits per heavy atom. The summed E-state index contributed by atoms with van der Waals surface area (Å²) in [5.41, 5.74) is 11.9. The lowest BCUT2D eigenvalue weighted by atomic mass is 10.2. The molecule has 1 saturated heterocycles. The van der Waals surface area contributed by atoms with E-state index < -0.39 is 0 Å². The first-order valence-electron chi connectivity index (χ1n) is 5.85. The van der Waals surface area contributed by atoms with E-state index in [4.69, 9.17) is 11.5 Å². The molecule has 1 fully saturated rings. The van der Waals surface area contributed by atoms with Crippen LogP contribution >= 0.6 is 0 Å². The SMILES string of the molecule is C/C(N)=C/C(=O)N1CCN(C(=O)/C=C(/C)N)CC1. The van der Waals surface area contributed by atoms with Crippen molar-refractivity contribution in [3.63, 3.8) is 0 Å². The van der Waals surface area contributed by atoms with E-state index in [-0.39, 0.29) is 11.8 Å². The molecule has 1 heterocycles. The summed E-state index contributed by atoms with van der Waals surface area (Å²) in [7, 11) is 0. The minimum atomic E-state index is -0.104. The van der Waals surface area contributed by atoms with Crippen LogP contribution in [0.15, 0.2) is 23.5 Å². The third-order valence-corrected chi connectivity index (χ3v) is 2.61. The molecule has 0 aliphatic carbocycles. The maximum absolute atomic E-state index is 11.7. The Balaban J connectivity index is 2.51. The van der Waals surface area contributed by atoms with E-state index in [1.807, 2.05) is 0 Å². The highest BCUT2D eigenvalue weighted by Crippen LogP contribution is 2.04. The molecular weight excluding hydrogens is 232 g/mol. The molecule has 6 nitrogen and oxygen atoms in total. The Kier molecular flexibility index (Phi) is 4.76. The Bertz CT molecular complexity index is 347. The molecular formula is C12H20N4O2. The summed E-state index contributed by atoms with van der Waals surface area (Å²) in [4.78, 5) is 26.8. The maximum Gasteiger partial charge on any atom is 0.248 e. The summed E-state index contributed by atoms with van der Waals surface area (Å²) >= 11 is 0. The predicted octanol–water partition coefficient (Wildman–Crippen LogP) is -0.618. The number of carbonyl (C=O) groups excluding carboxylic acids is 2. The average molecular weight is 252 g/mol. The van der Waals surface area contributed by atoms with Gasteiger partial charge in [0, 0.05) is 49.7 Å². The van der Waals surface area contributed by atoms with Gasteiger partial charge < -0.3 is 21.3 Å². The number of hydrogen-bond donors (Lipinski definition) is 2. The first-order valence-corrected chi connectivity index (χ1v) is 5.85. The van der Waals surface area contributed by atoms with Crippen molar-refractivity contribution >= 4 is 11.8 Å². The van der Waals surface area contributed by atoms with Crippen LogP contribution in [-0.4, -0.2) is 47.8 Å². The smallest absolute Gasteiger partial charge is 0.248 e. The molecule has 6 heteroatoms. The molecule has 1 aliphatic heterocycles. The second-order valence-electron chi connectivity index (χ2n) is 4.43. The highest BCUT2D eigenvalue weighted by molar-refractivity contribution is 5.90. The second-order valence-corrected chi connectivity index (χ2v) is 4.43. The zero-order chi connectivity index (χ0) is 13.7. The maximum atomic E-state index is 11.7. The predicted molar refractivity (Wildman–Crippen MR) is 69.0 cm³/mol. The molecule has 0 aromatic rings. The summed E-state index contributed by atoms with van der Waals surface area (Å²) in [5.74, 6) is -0.208. The lowest BCUT2D eigenvalue weighted by molar-refractivity contribution is -0.134. The zero-order valence-electron chi connectivity index (χ0n) is 10.8. The molecule has 0 bridgehead atoms. The Labute approximate surface area is 107 Å². The fourth-order valence-corrected chi connectivity index (χ4v) is 1.72. The zero-order valence-corrected chi connectivity index (χ0v) is 10.8. The Hall–Kier alpha value is -1.98. The fraction of sp³-hybridized carbons (Fsp3) is 0.500. The minimum Gasteiger partial charge on any atom is -0.402 e. The van der Waals surface area contributed by atoms with Crippen molar-refractivity contribution in [2.45, 2.75) is 13.8 Å². The quantitative estimate of drug-likeness (QED) is 0.641. The number of nitrogens with two attached hydrogens (primary N) is 2. The van der Waals surface area contributed by atoms with E-state index in [0.29, 0.717) is 37.6 Å². The van der Waals surface area contributed by atoms with Gasteiger partial charge in [-0.3, -0.25) is 9.59 Å². The van der Waals surface area contributed by atoms with Crippen molar-refractivity contribution in [2.24, 2.45) is 11.5 Å². The van der Waals surface area contributed by atoms with Gasteiger partial charge in [0.05, 0.1) is 0 Å². The molecule has 1 aliphatic rings. The fourth-order valence-electron chi connectivity index (χ4n) is 1.72. The number of allylic oxidation sites excluding steroid dienone is 2. The van der Waals surface area contributed by atoms with E-state index in [1.54, 1.807) is 23.6 Å². The Morgan fingerprint density at radius 3 is 1.33 bits per heavy atom. The summed E-state index contributed by atoms with van der Waals surface area (Å²) in [6.45, 7) is 5.42. The largest absolute Gasteiger partial charge is 0.402 e. The van der Waals surface area contributed by atoms with Crippen LogP contribution in [0.3, 0.4) is 0 Å². The van der Waals surface area contributed by atoms with Crippen LogP contribution in [0.2, 0.25) is 0 Å². The van der Waals surface area contributed by atoms with Crippen molar-refractivity contribution in [1.29, 1.82) is 0 Å². The van der Waals surface area contributed by atoms with Gasteiger partial charge in [-0.2, -0.15) is 0 Å². The van der Waals surface area contributed by atoms with Crippen LogP contribution in [0.4, 0.5) is 0 Å². The molecule has 100 valence electrons. The molecule has 0 spiro atoms. The van der Waals surface area contributed by atoms with Gasteiger partial charge >= 0.3 is 0 Å². The van der Waals surface area contributed by atoms with Crippen LogP contribution in [0, 0.1) is 0 Å². The molecule has 0 saturated carbocycles. The summed E-state index contributed by atoms with van der Waals surface area (Å²) in [5, 5.41) is 0. The van der Waals surface area contributed by atoms with Crippen LogP contribution < -0.4 is 11.5 Å². The van der Waals surface area contributed by atoms with Crippen molar-refractivity contribution in [2.75, 3.05) is 26.2 Å². The molecule has 2 amide bonds. The van der Waals surface area contributed by atoms with Crippen LogP contribution in [0.5, 0.6) is 0 Å². The monoisotopic (exact) mass is 252 g/mol. The number of hydrogen-bond acceptors (Lipinski definition) is 4. The molecule has 0 aromatic carbocycles. The lowest BCUT2D eigenvalue weighted by Crippen LogP contribution is -2.50. The number of carbonyl (C=O) groups is 2. The number of rotatable bonds is 2. The lowest BCUT2D eigenvalue weighted by Gasteiger charge is -2.33. The first-order chi connectivity index (χ1) is 8.40. The summed E-state index contributed by atoms with van der Waals surface area (Å²) in [6, 6.07) is 0. The van der Waals surface area contributed by atoms with Gasteiger partial charge in [-0.1, -0.05) is 0 Å². The highest BCUT2D eigenvalue weighted by atomic mass is 16.2. The standard InChI is InChI=1S/C12H20N4O2/c1-9(13)7-11(17)15-3-5-16(6-4-15)12(18)8-10(2)14/h7-8H,3-6,13-14H2,1-2H3/b9-7-,10-8-. The van der Waals surface area contributed by atoms with E-state index in [0.717, 1.165) is 0 Å². The normalized spacial score (nSPS) is 17.9. The molecule has 18 heavy (non-hydrogen) atoms. The highest BCUT2D eigenvalue weighted by Gasteiger charge is 2.22.